The molecule has 0 aromatic heterocycles. The van der Waals surface area contributed by atoms with Crippen molar-refractivity contribution in [2.24, 2.45) is 5.73 Å². The van der Waals surface area contributed by atoms with Crippen molar-refractivity contribution in [3.8, 4) is 0 Å². The van der Waals surface area contributed by atoms with Crippen molar-refractivity contribution in [1.82, 2.24) is 0 Å². The minimum Gasteiger partial charge on any atom is -0.465 e. The third-order valence-corrected chi connectivity index (χ3v) is 1.14. The lowest BCUT2D eigenvalue weighted by atomic mass is 10.4. The van der Waals surface area contributed by atoms with Crippen LogP contribution in [0.25, 0.3) is 0 Å². The first-order valence-corrected chi connectivity index (χ1v) is 4.17. The summed E-state index contributed by atoms with van der Waals surface area (Å²) < 4.78 is 4.43. The summed E-state index contributed by atoms with van der Waals surface area (Å²) in [5, 5.41) is 0. The van der Waals surface area contributed by atoms with Gasteiger partial charge in [0.15, 0.2) is 0 Å². The van der Waals surface area contributed by atoms with Crippen LogP contribution in [0.15, 0.2) is 36.4 Å². The van der Waals surface area contributed by atoms with Gasteiger partial charge in [-0.1, -0.05) is 36.4 Å². The second-order valence-electron chi connectivity index (χ2n) is 2.16. The van der Waals surface area contributed by atoms with Crippen molar-refractivity contribution in [2.45, 2.75) is 6.92 Å². The van der Waals surface area contributed by atoms with Gasteiger partial charge in [0.1, 0.15) is 0 Å². The first-order chi connectivity index (χ1) is 6.31. The van der Waals surface area contributed by atoms with Crippen LogP contribution in [0.2, 0.25) is 0 Å². The lowest BCUT2D eigenvalue weighted by molar-refractivity contribution is -0.141. The zero-order valence-corrected chi connectivity index (χ0v) is 7.77. The molecule has 72 valence electrons. The molecule has 13 heavy (non-hydrogen) atoms. The van der Waals surface area contributed by atoms with Gasteiger partial charge in [0.25, 0.3) is 0 Å². The Morgan fingerprint density at radius 3 is 1.69 bits per heavy atom. The Balaban J connectivity index is 0.000000223. The van der Waals surface area contributed by atoms with Crippen LogP contribution in [0.3, 0.4) is 0 Å². The van der Waals surface area contributed by atoms with E-state index < -0.39 is 0 Å². The summed E-state index contributed by atoms with van der Waals surface area (Å²) in [5.41, 5.74) is 4.88. The van der Waals surface area contributed by atoms with E-state index >= 15 is 0 Å². The number of carbonyl (C=O) groups excluding carboxylic acids is 1. The molecule has 0 aliphatic rings. The maximum absolute atomic E-state index is 10.1. The molecule has 0 heterocycles. The fraction of sp³-hybridized carbons (Fsp3) is 0.300. The molecular weight excluding hydrogens is 166 g/mol. The number of carbonyl (C=O) groups is 1. The monoisotopic (exact) mass is 181 g/mol. The number of ether oxygens (including phenoxy) is 1. The topological polar surface area (TPSA) is 52.3 Å². The molecule has 0 spiro atoms. The first-order valence-electron chi connectivity index (χ1n) is 4.17. The highest BCUT2D eigenvalue weighted by Crippen LogP contribution is 1.79. The van der Waals surface area contributed by atoms with Crippen LogP contribution in [-0.2, 0) is 9.53 Å². The highest BCUT2D eigenvalue weighted by Gasteiger charge is 1.91. The Bertz CT molecular complexity index is 185. The minimum absolute atomic E-state index is 0.0200. The summed E-state index contributed by atoms with van der Waals surface area (Å²) in [5.74, 6) is -0.345. The highest BCUT2D eigenvalue weighted by molar-refractivity contribution is 5.71. The van der Waals surface area contributed by atoms with E-state index in [-0.39, 0.29) is 12.5 Å². The van der Waals surface area contributed by atoms with Crippen LogP contribution in [0.1, 0.15) is 6.92 Å². The Morgan fingerprint density at radius 1 is 1.15 bits per heavy atom. The molecule has 1 aromatic rings. The van der Waals surface area contributed by atoms with Gasteiger partial charge in [0.2, 0.25) is 0 Å². The molecule has 0 saturated heterocycles. The molecule has 2 N–H and O–H groups in total. The van der Waals surface area contributed by atoms with Crippen molar-refractivity contribution in [2.75, 3.05) is 13.2 Å². The molecular formula is C10H15NO2. The number of hydrogen-bond donors (Lipinski definition) is 1. The van der Waals surface area contributed by atoms with E-state index in [0.29, 0.717) is 6.61 Å². The second-order valence-corrected chi connectivity index (χ2v) is 2.16. The molecule has 1 aromatic carbocycles. The van der Waals surface area contributed by atoms with E-state index in [9.17, 15) is 4.79 Å². The highest BCUT2D eigenvalue weighted by atomic mass is 16.5. The summed E-state index contributed by atoms with van der Waals surface area (Å²) >= 11 is 0. The van der Waals surface area contributed by atoms with Gasteiger partial charge in [-0.3, -0.25) is 4.79 Å². The van der Waals surface area contributed by atoms with E-state index in [0.717, 1.165) is 0 Å². The normalized spacial score (nSPS) is 8.15. The molecule has 3 nitrogen and oxygen atoms in total. The van der Waals surface area contributed by atoms with Crippen molar-refractivity contribution < 1.29 is 9.53 Å². The predicted molar refractivity (Wildman–Crippen MR) is 52.1 cm³/mol. The molecule has 0 saturated carbocycles. The lowest BCUT2D eigenvalue weighted by Gasteiger charge is -1.93. The summed E-state index contributed by atoms with van der Waals surface area (Å²) in [6.07, 6.45) is 0. The van der Waals surface area contributed by atoms with Gasteiger partial charge in [-0.25, -0.2) is 0 Å². The fourth-order valence-corrected chi connectivity index (χ4v) is 0.605. The molecule has 0 atom stereocenters. The predicted octanol–water partition coefficient (Wildman–Crippen LogP) is 1.19. The van der Waals surface area contributed by atoms with E-state index in [1.165, 1.54) is 0 Å². The van der Waals surface area contributed by atoms with Crippen LogP contribution in [-0.4, -0.2) is 19.1 Å². The Morgan fingerprint density at radius 2 is 1.54 bits per heavy atom. The van der Waals surface area contributed by atoms with Crippen LogP contribution in [0, 0.1) is 0 Å². The van der Waals surface area contributed by atoms with Crippen LogP contribution in [0.5, 0.6) is 0 Å². The zero-order chi connectivity index (χ0) is 9.94. The number of benzene rings is 1. The maximum Gasteiger partial charge on any atom is 0.319 e. The number of rotatable bonds is 2. The van der Waals surface area contributed by atoms with E-state index in [4.69, 9.17) is 5.73 Å². The molecule has 0 unspecified atom stereocenters. The van der Waals surface area contributed by atoms with Gasteiger partial charge < -0.3 is 10.5 Å². The van der Waals surface area contributed by atoms with Crippen LogP contribution < -0.4 is 5.73 Å². The molecule has 1 rings (SSSR count). The van der Waals surface area contributed by atoms with Crippen molar-refractivity contribution in [3.63, 3.8) is 0 Å². The van der Waals surface area contributed by atoms with E-state index in [1.807, 2.05) is 36.4 Å². The summed E-state index contributed by atoms with van der Waals surface area (Å²) in [7, 11) is 0. The Hall–Kier alpha value is -1.35. The molecule has 0 aliphatic carbocycles. The Labute approximate surface area is 78.5 Å². The van der Waals surface area contributed by atoms with Crippen LogP contribution >= 0.6 is 0 Å². The van der Waals surface area contributed by atoms with Gasteiger partial charge >= 0.3 is 5.97 Å². The molecule has 0 radical (unpaired) electrons. The SMILES string of the molecule is CCOC(=O)CN.c1ccccc1. The standard InChI is InChI=1S/C6H6.C4H9NO2/c1-2-4-6-5-3-1;1-2-7-4(6)3-5/h1-6H;2-3,5H2,1H3. The zero-order valence-electron chi connectivity index (χ0n) is 7.77. The minimum atomic E-state index is -0.345. The Kier molecular flexibility index (Phi) is 7.84. The molecule has 3 heteroatoms. The number of esters is 1. The van der Waals surface area contributed by atoms with Crippen LogP contribution in [0.4, 0.5) is 0 Å². The average Bonchev–Trinajstić information content (AvgIpc) is 2.22. The molecule has 0 aliphatic heterocycles. The lowest BCUT2D eigenvalue weighted by Crippen LogP contribution is -2.16. The largest absolute Gasteiger partial charge is 0.465 e. The summed E-state index contributed by atoms with van der Waals surface area (Å²) in [4.78, 5) is 10.1. The third kappa shape index (κ3) is 8.56. The smallest absolute Gasteiger partial charge is 0.319 e. The summed E-state index contributed by atoms with van der Waals surface area (Å²) in [6.45, 7) is 2.14. The first kappa shape index (κ1) is 11.6. The van der Waals surface area contributed by atoms with E-state index in [1.54, 1.807) is 6.92 Å². The van der Waals surface area contributed by atoms with Gasteiger partial charge in [-0.2, -0.15) is 0 Å². The quantitative estimate of drug-likeness (QED) is 0.697. The van der Waals surface area contributed by atoms with Crippen molar-refractivity contribution in [3.05, 3.63) is 36.4 Å². The van der Waals surface area contributed by atoms with Gasteiger partial charge in [-0.05, 0) is 6.92 Å². The average molecular weight is 181 g/mol. The van der Waals surface area contributed by atoms with Crippen molar-refractivity contribution in [1.29, 1.82) is 0 Å². The van der Waals surface area contributed by atoms with E-state index in [2.05, 4.69) is 4.74 Å². The fourth-order valence-electron chi connectivity index (χ4n) is 0.605. The van der Waals surface area contributed by atoms with Gasteiger partial charge in [0, 0.05) is 0 Å². The number of hydrogen-bond acceptors (Lipinski definition) is 3. The maximum atomic E-state index is 10.1. The molecule has 0 amide bonds. The molecule has 0 fully saturated rings. The third-order valence-electron chi connectivity index (χ3n) is 1.14. The molecule has 0 bridgehead atoms. The second kappa shape index (κ2) is 8.74. The van der Waals surface area contributed by atoms with Gasteiger partial charge in [0.05, 0.1) is 13.2 Å². The summed E-state index contributed by atoms with van der Waals surface area (Å²) in [6, 6.07) is 12.0. The number of nitrogens with two attached hydrogens (primary N) is 1. The van der Waals surface area contributed by atoms with Crippen molar-refractivity contribution >= 4 is 5.97 Å². The van der Waals surface area contributed by atoms with Gasteiger partial charge in [-0.15, -0.1) is 0 Å².